The summed E-state index contributed by atoms with van der Waals surface area (Å²) >= 11 is 1.30. The molecular weight excluding hydrogens is 354 g/mol. The third kappa shape index (κ3) is 4.34. The molecule has 8 nitrogen and oxygen atoms in total. The van der Waals surface area contributed by atoms with E-state index >= 15 is 0 Å². The molecule has 26 heavy (non-hydrogen) atoms. The van der Waals surface area contributed by atoms with Gasteiger partial charge in [0.2, 0.25) is 5.91 Å². The van der Waals surface area contributed by atoms with E-state index in [0.29, 0.717) is 23.1 Å². The van der Waals surface area contributed by atoms with Crippen LogP contribution in [0.1, 0.15) is 23.4 Å². The highest BCUT2D eigenvalue weighted by Crippen LogP contribution is 2.29. The smallest absolute Gasteiger partial charge is 0.348 e. The number of hydrogen-bond acceptors (Lipinski definition) is 7. The molecule has 0 bridgehead atoms. The van der Waals surface area contributed by atoms with Gasteiger partial charge in [0.05, 0.1) is 5.75 Å². The summed E-state index contributed by atoms with van der Waals surface area (Å²) in [7, 11) is 3.97. The maximum absolute atomic E-state index is 12.4. The summed E-state index contributed by atoms with van der Waals surface area (Å²) in [6.45, 7) is 3.19. The summed E-state index contributed by atoms with van der Waals surface area (Å²) in [5, 5.41) is 7.09. The topological polar surface area (TPSA) is 93.3 Å². The molecule has 1 aliphatic rings. The molecule has 1 amide bonds. The Labute approximate surface area is 156 Å². The van der Waals surface area contributed by atoms with Crippen LogP contribution in [0.4, 0.5) is 5.82 Å². The van der Waals surface area contributed by atoms with Gasteiger partial charge in [-0.05, 0) is 40.3 Å². The zero-order valence-corrected chi connectivity index (χ0v) is 16.1. The van der Waals surface area contributed by atoms with Crippen LogP contribution in [0.2, 0.25) is 0 Å². The number of aryl methyl sites for hydroxylation is 1. The second-order valence-electron chi connectivity index (χ2n) is 6.59. The Morgan fingerprint density at radius 3 is 2.92 bits per heavy atom. The third-order valence-electron chi connectivity index (χ3n) is 4.21. The summed E-state index contributed by atoms with van der Waals surface area (Å²) in [6, 6.07) is 1.66. The number of rotatable bonds is 7. The minimum absolute atomic E-state index is 0.173. The van der Waals surface area contributed by atoms with Crippen LogP contribution < -0.4 is 11.0 Å². The first kappa shape index (κ1) is 18.7. The Morgan fingerprint density at radius 2 is 2.23 bits per heavy atom. The lowest BCUT2D eigenvalue weighted by Gasteiger charge is -2.16. The average molecular weight is 377 g/mol. The Balaban J connectivity index is 1.70. The number of anilines is 1. The lowest BCUT2D eigenvalue weighted by Crippen LogP contribution is -2.31. The number of nitrogens with one attached hydrogen (secondary N) is 1. The van der Waals surface area contributed by atoms with Crippen LogP contribution in [0, 0.1) is 6.92 Å². The molecule has 1 aliphatic carbocycles. The Hall–Kier alpha value is -2.13. The van der Waals surface area contributed by atoms with Crippen molar-refractivity contribution in [2.24, 2.45) is 0 Å². The van der Waals surface area contributed by atoms with Gasteiger partial charge in [0, 0.05) is 30.4 Å². The number of nitrogens with zero attached hydrogens (tertiary/aromatic N) is 4. The molecule has 0 radical (unpaired) electrons. The Kier molecular flexibility index (Phi) is 5.77. The number of carbonyl (C=O) groups is 1. The van der Waals surface area contributed by atoms with E-state index in [2.05, 4.69) is 15.5 Å². The van der Waals surface area contributed by atoms with Crippen molar-refractivity contribution in [2.75, 3.05) is 31.7 Å². The molecule has 0 unspecified atom stereocenters. The fourth-order valence-electron chi connectivity index (χ4n) is 2.97. The molecule has 0 saturated carbocycles. The van der Waals surface area contributed by atoms with Crippen LogP contribution in [0.15, 0.2) is 20.4 Å². The van der Waals surface area contributed by atoms with E-state index in [9.17, 15) is 9.59 Å². The first-order chi connectivity index (χ1) is 12.4. The van der Waals surface area contributed by atoms with Crippen LogP contribution in [0.25, 0.3) is 0 Å². The quantitative estimate of drug-likeness (QED) is 0.574. The molecular formula is C17H23N5O3S. The number of fused-ring (bicyclic) bond motifs is 1. The first-order valence-corrected chi connectivity index (χ1v) is 9.56. The van der Waals surface area contributed by atoms with Crippen molar-refractivity contribution in [3.63, 3.8) is 0 Å². The van der Waals surface area contributed by atoms with Gasteiger partial charge in [0.15, 0.2) is 5.82 Å². The predicted molar refractivity (Wildman–Crippen MR) is 99.7 cm³/mol. The molecule has 0 saturated heterocycles. The molecule has 0 atom stereocenters. The number of carbonyl (C=O) groups excluding carboxylic acids is 1. The molecule has 0 fully saturated rings. The van der Waals surface area contributed by atoms with Crippen LogP contribution in [-0.2, 0) is 24.2 Å². The molecule has 3 rings (SSSR count). The standard InChI is InChI=1S/C17H23N5O3S/c1-11-9-14(20-25-11)18-15(23)10-26-16-12-5-4-6-13(12)22(17(24)19-16)8-7-21(2)3/h9H,4-8,10H2,1-3H3,(H,18,20,23). The van der Waals surface area contributed by atoms with Crippen molar-refractivity contribution >= 4 is 23.5 Å². The van der Waals surface area contributed by atoms with Crippen LogP contribution in [0.5, 0.6) is 0 Å². The van der Waals surface area contributed by atoms with Crippen LogP contribution in [-0.4, -0.2) is 51.9 Å². The second kappa shape index (κ2) is 8.05. The molecule has 0 aromatic carbocycles. The van der Waals surface area contributed by atoms with Gasteiger partial charge in [0.25, 0.3) is 0 Å². The number of thioether (sulfide) groups is 1. The van der Waals surface area contributed by atoms with Crippen LogP contribution >= 0.6 is 11.8 Å². The van der Waals surface area contributed by atoms with Crippen molar-refractivity contribution in [1.29, 1.82) is 0 Å². The van der Waals surface area contributed by atoms with Crippen LogP contribution in [0.3, 0.4) is 0 Å². The van der Waals surface area contributed by atoms with Gasteiger partial charge >= 0.3 is 5.69 Å². The first-order valence-electron chi connectivity index (χ1n) is 8.57. The van der Waals surface area contributed by atoms with Gasteiger partial charge in [-0.1, -0.05) is 16.9 Å². The van der Waals surface area contributed by atoms with Crippen molar-refractivity contribution < 1.29 is 9.32 Å². The number of aromatic nitrogens is 3. The van der Waals surface area contributed by atoms with E-state index in [4.69, 9.17) is 4.52 Å². The van der Waals surface area contributed by atoms with E-state index in [1.54, 1.807) is 17.6 Å². The van der Waals surface area contributed by atoms with E-state index in [1.165, 1.54) is 11.8 Å². The molecule has 0 aliphatic heterocycles. The minimum atomic E-state index is -0.234. The van der Waals surface area contributed by atoms with E-state index in [1.807, 2.05) is 19.0 Å². The van der Waals surface area contributed by atoms with Gasteiger partial charge in [-0.3, -0.25) is 9.36 Å². The number of hydrogen-bond donors (Lipinski definition) is 1. The van der Waals surface area contributed by atoms with Crippen molar-refractivity contribution in [1.82, 2.24) is 19.6 Å². The summed E-state index contributed by atoms with van der Waals surface area (Å²) in [5.41, 5.74) is 1.95. The van der Waals surface area contributed by atoms with Crippen molar-refractivity contribution in [2.45, 2.75) is 37.8 Å². The summed E-state index contributed by atoms with van der Waals surface area (Å²) in [5.74, 6) is 1.000. The van der Waals surface area contributed by atoms with E-state index < -0.39 is 0 Å². The molecule has 2 aromatic heterocycles. The lowest BCUT2D eigenvalue weighted by atomic mass is 10.2. The van der Waals surface area contributed by atoms with E-state index in [-0.39, 0.29) is 17.3 Å². The summed E-state index contributed by atoms with van der Waals surface area (Å²) in [6.07, 6.45) is 2.80. The number of likely N-dealkylation sites (N-methyl/N-ethyl adjacent to an activating group) is 1. The van der Waals surface area contributed by atoms with Crippen molar-refractivity contribution in [3.8, 4) is 0 Å². The van der Waals surface area contributed by atoms with Gasteiger partial charge in [-0.2, -0.15) is 4.98 Å². The molecule has 1 N–H and O–H groups in total. The predicted octanol–water partition coefficient (Wildman–Crippen LogP) is 1.32. The van der Waals surface area contributed by atoms with Gasteiger partial charge in [-0.15, -0.1) is 0 Å². The maximum atomic E-state index is 12.4. The summed E-state index contributed by atoms with van der Waals surface area (Å²) in [4.78, 5) is 30.8. The molecule has 9 heteroatoms. The molecule has 0 spiro atoms. The Bertz CT molecular complexity index is 859. The van der Waals surface area contributed by atoms with Gasteiger partial charge < -0.3 is 14.7 Å². The highest BCUT2D eigenvalue weighted by Gasteiger charge is 2.22. The Morgan fingerprint density at radius 1 is 1.42 bits per heavy atom. The zero-order chi connectivity index (χ0) is 18.7. The van der Waals surface area contributed by atoms with Crippen molar-refractivity contribution in [3.05, 3.63) is 33.6 Å². The average Bonchev–Trinajstić information content (AvgIpc) is 3.21. The zero-order valence-electron chi connectivity index (χ0n) is 15.2. The normalized spacial score (nSPS) is 13.2. The van der Waals surface area contributed by atoms with E-state index in [0.717, 1.165) is 37.1 Å². The highest BCUT2D eigenvalue weighted by molar-refractivity contribution is 8.00. The largest absolute Gasteiger partial charge is 0.360 e. The van der Waals surface area contributed by atoms with Gasteiger partial charge in [-0.25, -0.2) is 4.79 Å². The third-order valence-corrected chi connectivity index (χ3v) is 5.22. The highest BCUT2D eigenvalue weighted by atomic mass is 32.2. The molecule has 2 heterocycles. The molecule has 140 valence electrons. The lowest BCUT2D eigenvalue weighted by molar-refractivity contribution is -0.113. The van der Waals surface area contributed by atoms with Gasteiger partial charge in [0.1, 0.15) is 10.8 Å². The SMILES string of the molecule is Cc1cc(NC(=O)CSc2nc(=O)n(CCN(C)C)c3c2CCC3)no1. The second-order valence-corrected chi connectivity index (χ2v) is 7.56. The minimum Gasteiger partial charge on any atom is -0.360 e. The fraction of sp³-hybridized carbons (Fsp3) is 0.529. The maximum Gasteiger partial charge on any atom is 0.348 e. The monoisotopic (exact) mass is 377 g/mol. The number of amides is 1. The fourth-order valence-corrected chi connectivity index (χ4v) is 3.85. The molecule has 2 aromatic rings. The summed E-state index contributed by atoms with van der Waals surface area (Å²) < 4.78 is 6.71.